The van der Waals surface area contributed by atoms with Crippen LogP contribution in [0.3, 0.4) is 0 Å². The number of nitrogens with zero attached hydrogens (tertiary/aromatic N) is 1. The first-order valence-corrected chi connectivity index (χ1v) is 4.54. The summed E-state index contributed by atoms with van der Waals surface area (Å²) < 4.78 is 37.7. The van der Waals surface area contributed by atoms with Crippen LogP contribution in [0.5, 0.6) is 0 Å². The molecular weight excluding hydrogens is 223 g/mol. The highest BCUT2D eigenvalue weighted by molar-refractivity contribution is 5.89. The summed E-state index contributed by atoms with van der Waals surface area (Å²) in [6, 6.07) is 0.786. The Bertz CT molecular complexity index is 413. The van der Waals surface area contributed by atoms with E-state index in [0.29, 0.717) is 0 Å². The normalized spacial score (nSPS) is 11.9. The molecular formula is C10H10F3NO2. The highest BCUT2D eigenvalue weighted by Gasteiger charge is 2.36. The van der Waals surface area contributed by atoms with Crippen molar-refractivity contribution in [2.24, 2.45) is 0 Å². The molecule has 0 aliphatic heterocycles. The molecule has 0 bridgehead atoms. The molecule has 1 heterocycles. The number of pyridine rings is 1. The predicted octanol–water partition coefficient (Wildman–Crippen LogP) is 2.92. The van der Waals surface area contributed by atoms with Crippen LogP contribution < -0.4 is 0 Å². The maximum absolute atomic E-state index is 12.6. The molecule has 0 radical (unpaired) electrons. The maximum Gasteiger partial charge on any atom is 0.417 e. The van der Waals surface area contributed by atoms with Crippen LogP contribution in [0.2, 0.25) is 0 Å². The summed E-state index contributed by atoms with van der Waals surface area (Å²) in [4.78, 5) is 14.3. The Hall–Kier alpha value is -1.59. The first kappa shape index (κ1) is 12.5. The summed E-state index contributed by atoms with van der Waals surface area (Å²) in [6.07, 6.45) is -3.93. The largest absolute Gasteiger partial charge is 0.478 e. The molecule has 0 aliphatic carbocycles. The van der Waals surface area contributed by atoms with Crippen molar-refractivity contribution in [3.05, 3.63) is 29.1 Å². The van der Waals surface area contributed by atoms with Gasteiger partial charge in [0.05, 0.1) is 11.1 Å². The van der Waals surface area contributed by atoms with Gasteiger partial charge in [-0.2, -0.15) is 13.2 Å². The van der Waals surface area contributed by atoms with Crippen molar-refractivity contribution in [3.63, 3.8) is 0 Å². The van der Waals surface area contributed by atoms with E-state index in [9.17, 15) is 18.0 Å². The lowest BCUT2D eigenvalue weighted by Gasteiger charge is -2.12. The SMILES string of the molecule is CC(C)c1cc(C(F)(F)F)c(C(=O)O)cn1. The molecule has 88 valence electrons. The fraction of sp³-hybridized carbons (Fsp3) is 0.400. The second kappa shape index (κ2) is 4.11. The van der Waals surface area contributed by atoms with Gasteiger partial charge in [-0.15, -0.1) is 0 Å². The summed E-state index contributed by atoms with van der Waals surface area (Å²) in [5.41, 5.74) is -1.76. The molecule has 6 heteroatoms. The first-order chi connectivity index (χ1) is 7.23. The van der Waals surface area contributed by atoms with Crippen molar-refractivity contribution in [2.45, 2.75) is 25.9 Å². The highest BCUT2D eigenvalue weighted by Crippen LogP contribution is 2.33. The third-order valence-electron chi connectivity index (χ3n) is 2.05. The van der Waals surface area contributed by atoms with Crippen LogP contribution in [0.15, 0.2) is 12.3 Å². The van der Waals surface area contributed by atoms with Crippen molar-refractivity contribution in [1.29, 1.82) is 0 Å². The first-order valence-electron chi connectivity index (χ1n) is 4.54. The molecule has 0 fully saturated rings. The predicted molar refractivity (Wildman–Crippen MR) is 50.3 cm³/mol. The van der Waals surface area contributed by atoms with Gasteiger partial charge in [0.2, 0.25) is 0 Å². The number of carboxylic acids is 1. The fourth-order valence-corrected chi connectivity index (χ4v) is 1.19. The molecule has 0 aliphatic rings. The van der Waals surface area contributed by atoms with Gasteiger partial charge in [-0.3, -0.25) is 4.98 Å². The molecule has 3 nitrogen and oxygen atoms in total. The summed E-state index contributed by atoms with van der Waals surface area (Å²) >= 11 is 0. The number of hydrogen-bond donors (Lipinski definition) is 1. The fourth-order valence-electron chi connectivity index (χ4n) is 1.19. The number of rotatable bonds is 2. The van der Waals surface area contributed by atoms with Gasteiger partial charge >= 0.3 is 12.1 Å². The van der Waals surface area contributed by atoms with E-state index in [1.54, 1.807) is 13.8 Å². The van der Waals surface area contributed by atoms with Gasteiger partial charge in [0, 0.05) is 11.9 Å². The minimum Gasteiger partial charge on any atom is -0.478 e. The Morgan fingerprint density at radius 3 is 2.38 bits per heavy atom. The van der Waals surface area contributed by atoms with E-state index in [-0.39, 0.29) is 11.6 Å². The van der Waals surface area contributed by atoms with Crippen molar-refractivity contribution >= 4 is 5.97 Å². The van der Waals surface area contributed by atoms with Crippen LogP contribution in [0, 0.1) is 0 Å². The Morgan fingerprint density at radius 1 is 1.44 bits per heavy atom. The van der Waals surface area contributed by atoms with E-state index < -0.39 is 23.3 Å². The van der Waals surface area contributed by atoms with Gasteiger partial charge in [0.15, 0.2) is 0 Å². The van der Waals surface area contributed by atoms with E-state index in [1.165, 1.54) is 0 Å². The Morgan fingerprint density at radius 2 is 2.00 bits per heavy atom. The molecule has 0 saturated carbocycles. The molecule has 0 amide bonds. The summed E-state index contributed by atoms with van der Waals surface area (Å²) in [6.45, 7) is 3.37. The molecule has 0 saturated heterocycles. The minimum absolute atomic E-state index is 0.191. The summed E-state index contributed by atoms with van der Waals surface area (Å²) in [5, 5.41) is 8.62. The number of halogens is 3. The zero-order valence-corrected chi connectivity index (χ0v) is 8.67. The number of alkyl halides is 3. The average Bonchev–Trinajstić information content (AvgIpc) is 2.15. The molecule has 0 spiro atoms. The average molecular weight is 233 g/mol. The number of aromatic nitrogens is 1. The standard InChI is InChI=1S/C10H10F3NO2/c1-5(2)8-3-7(10(11,12)13)6(4-14-8)9(15)16/h3-5H,1-2H3,(H,15,16). The monoisotopic (exact) mass is 233 g/mol. The van der Waals surface area contributed by atoms with Crippen LogP contribution in [0.1, 0.15) is 41.4 Å². The van der Waals surface area contributed by atoms with Gasteiger partial charge in [-0.1, -0.05) is 13.8 Å². The van der Waals surface area contributed by atoms with E-state index >= 15 is 0 Å². The van der Waals surface area contributed by atoms with Crippen molar-refractivity contribution in [3.8, 4) is 0 Å². The molecule has 0 unspecified atom stereocenters. The molecule has 1 aromatic heterocycles. The lowest BCUT2D eigenvalue weighted by Crippen LogP contribution is -2.14. The van der Waals surface area contributed by atoms with E-state index in [2.05, 4.69) is 4.98 Å². The van der Waals surface area contributed by atoms with Crippen LogP contribution in [-0.2, 0) is 6.18 Å². The number of carbonyl (C=O) groups is 1. The molecule has 0 aromatic carbocycles. The lowest BCUT2D eigenvalue weighted by molar-refractivity contribution is -0.138. The Labute approximate surface area is 89.9 Å². The number of aromatic carboxylic acids is 1. The number of hydrogen-bond acceptors (Lipinski definition) is 2. The van der Waals surface area contributed by atoms with Gasteiger partial charge in [-0.25, -0.2) is 4.79 Å². The third-order valence-corrected chi connectivity index (χ3v) is 2.05. The topological polar surface area (TPSA) is 50.2 Å². The summed E-state index contributed by atoms with van der Waals surface area (Å²) in [7, 11) is 0. The molecule has 1 aromatic rings. The Kier molecular flexibility index (Phi) is 3.21. The van der Waals surface area contributed by atoms with Gasteiger partial charge in [0.25, 0.3) is 0 Å². The molecule has 16 heavy (non-hydrogen) atoms. The summed E-state index contributed by atoms with van der Waals surface area (Å²) in [5.74, 6) is -1.82. The van der Waals surface area contributed by atoms with Crippen molar-refractivity contribution in [1.82, 2.24) is 4.98 Å². The maximum atomic E-state index is 12.6. The smallest absolute Gasteiger partial charge is 0.417 e. The van der Waals surface area contributed by atoms with Crippen LogP contribution in [0.4, 0.5) is 13.2 Å². The molecule has 1 rings (SSSR count). The minimum atomic E-state index is -4.68. The second-order valence-electron chi connectivity index (χ2n) is 3.61. The zero-order valence-electron chi connectivity index (χ0n) is 8.67. The van der Waals surface area contributed by atoms with Crippen molar-refractivity contribution in [2.75, 3.05) is 0 Å². The van der Waals surface area contributed by atoms with Crippen molar-refractivity contribution < 1.29 is 23.1 Å². The van der Waals surface area contributed by atoms with Gasteiger partial charge in [0.1, 0.15) is 0 Å². The van der Waals surface area contributed by atoms with Crippen LogP contribution >= 0.6 is 0 Å². The zero-order chi connectivity index (χ0) is 12.5. The third kappa shape index (κ3) is 2.50. The van der Waals surface area contributed by atoms with Crippen LogP contribution in [0.25, 0.3) is 0 Å². The molecule has 1 N–H and O–H groups in total. The van der Waals surface area contributed by atoms with E-state index in [4.69, 9.17) is 5.11 Å². The Balaban J connectivity index is 3.39. The van der Waals surface area contributed by atoms with E-state index in [1.807, 2.05) is 0 Å². The second-order valence-corrected chi connectivity index (χ2v) is 3.61. The van der Waals surface area contributed by atoms with Gasteiger partial charge in [-0.05, 0) is 12.0 Å². The highest BCUT2D eigenvalue weighted by atomic mass is 19.4. The van der Waals surface area contributed by atoms with Gasteiger partial charge < -0.3 is 5.11 Å². The van der Waals surface area contributed by atoms with Crippen LogP contribution in [-0.4, -0.2) is 16.1 Å². The van der Waals surface area contributed by atoms with E-state index in [0.717, 1.165) is 12.3 Å². The number of carboxylic acid groups (broad SMARTS) is 1. The lowest BCUT2D eigenvalue weighted by atomic mass is 10.0. The molecule has 0 atom stereocenters. The quantitative estimate of drug-likeness (QED) is 0.854.